The molecule has 0 saturated carbocycles. The number of benzene rings is 1. The Labute approximate surface area is 97.4 Å². The number of aryl methyl sites for hydroxylation is 2. The minimum Gasteiger partial charge on any atom is -0.507 e. The van der Waals surface area contributed by atoms with Crippen molar-refractivity contribution in [1.82, 2.24) is 4.98 Å². The van der Waals surface area contributed by atoms with Crippen molar-refractivity contribution in [3.8, 4) is 16.3 Å². The normalized spacial score (nSPS) is 10.4. The van der Waals surface area contributed by atoms with Gasteiger partial charge in [-0.25, -0.2) is 4.98 Å². The number of carbonyl (C=O) groups is 1. The van der Waals surface area contributed by atoms with Gasteiger partial charge >= 0.3 is 0 Å². The highest BCUT2D eigenvalue weighted by molar-refractivity contribution is 7.13. The number of phenolic OH excluding ortho intramolecular Hbond substituents is 1. The molecule has 0 spiro atoms. The molecule has 3 nitrogen and oxygen atoms in total. The van der Waals surface area contributed by atoms with Crippen LogP contribution in [0.4, 0.5) is 0 Å². The van der Waals surface area contributed by atoms with Crippen molar-refractivity contribution in [2.45, 2.75) is 13.8 Å². The molecule has 16 heavy (non-hydrogen) atoms. The lowest BCUT2D eigenvalue weighted by Crippen LogP contribution is -1.85. The lowest BCUT2D eigenvalue weighted by Gasteiger charge is -2.05. The molecule has 1 aromatic heterocycles. The second kappa shape index (κ2) is 4.06. The van der Waals surface area contributed by atoms with E-state index in [-0.39, 0.29) is 0 Å². The molecule has 82 valence electrons. The third-order valence-electron chi connectivity index (χ3n) is 2.38. The van der Waals surface area contributed by atoms with Crippen LogP contribution in [0.15, 0.2) is 17.5 Å². The summed E-state index contributed by atoms with van der Waals surface area (Å²) in [5, 5.41) is 12.2. The predicted octanol–water partition coefficient (Wildman–Crippen LogP) is 2.95. The maximum Gasteiger partial charge on any atom is 0.169 e. The summed E-state index contributed by atoms with van der Waals surface area (Å²) in [5.41, 5.74) is 3.02. The number of phenols is 1. The van der Waals surface area contributed by atoms with Crippen molar-refractivity contribution in [1.29, 1.82) is 0 Å². The lowest BCUT2D eigenvalue weighted by atomic mass is 10.1. The molecule has 0 unspecified atom stereocenters. The van der Waals surface area contributed by atoms with Gasteiger partial charge in [0.1, 0.15) is 16.5 Å². The van der Waals surface area contributed by atoms with Gasteiger partial charge in [-0.3, -0.25) is 4.79 Å². The maximum absolute atomic E-state index is 10.5. The van der Waals surface area contributed by atoms with Crippen LogP contribution in [-0.2, 0) is 0 Å². The van der Waals surface area contributed by atoms with Crippen LogP contribution >= 0.6 is 11.3 Å². The topological polar surface area (TPSA) is 50.2 Å². The second-order valence-electron chi connectivity index (χ2n) is 3.65. The highest BCUT2D eigenvalue weighted by atomic mass is 32.1. The number of aldehydes is 1. The van der Waals surface area contributed by atoms with Crippen LogP contribution < -0.4 is 0 Å². The molecule has 1 heterocycles. The van der Waals surface area contributed by atoms with Gasteiger partial charge in [0.15, 0.2) is 6.29 Å². The van der Waals surface area contributed by atoms with Gasteiger partial charge in [-0.05, 0) is 37.1 Å². The fourth-order valence-corrected chi connectivity index (χ4v) is 2.30. The van der Waals surface area contributed by atoms with E-state index in [1.165, 1.54) is 11.3 Å². The van der Waals surface area contributed by atoms with E-state index < -0.39 is 0 Å². The van der Waals surface area contributed by atoms with Gasteiger partial charge < -0.3 is 5.11 Å². The number of aromatic hydroxyl groups is 1. The Morgan fingerprint density at radius 2 is 1.94 bits per heavy atom. The Bertz CT molecular complexity index is 523. The molecule has 1 N–H and O–H groups in total. The van der Waals surface area contributed by atoms with Crippen LogP contribution in [0.1, 0.15) is 21.6 Å². The van der Waals surface area contributed by atoms with Gasteiger partial charge in [0.05, 0.1) is 0 Å². The standard InChI is InChI=1S/C12H11NO2S/c1-7-3-9(4-8(2)11(7)15)12-13-10(5-14)6-16-12/h3-6,15H,1-2H3. The summed E-state index contributed by atoms with van der Waals surface area (Å²) in [6.45, 7) is 3.69. The summed E-state index contributed by atoms with van der Waals surface area (Å²) in [6, 6.07) is 3.74. The molecular formula is C12H11NO2S. The number of carbonyl (C=O) groups excluding carboxylic acids is 1. The van der Waals surface area contributed by atoms with Crippen molar-refractivity contribution < 1.29 is 9.90 Å². The highest BCUT2D eigenvalue weighted by Crippen LogP contribution is 2.30. The number of nitrogens with zero attached hydrogens (tertiary/aromatic N) is 1. The molecule has 1 aromatic carbocycles. The monoisotopic (exact) mass is 233 g/mol. The van der Waals surface area contributed by atoms with Crippen LogP contribution in [0.3, 0.4) is 0 Å². The molecule has 0 radical (unpaired) electrons. The molecule has 0 aliphatic carbocycles. The quantitative estimate of drug-likeness (QED) is 0.811. The molecular weight excluding hydrogens is 222 g/mol. The van der Waals surface area contributed by atoms with Crippen LogP contribution in [0.2, 0.25) is 0 Å². The van der Waals surface area contributed by atoms with E-state index in [4.69, 9.17) is 0 Å². The summed E-state index contributed by atoms with van der Waals surface area (Å²) < 4.78 is 0. The number of rotatable bonds is 2. The zero-order valence-electron chi connectivity index (χ0n) is 9.02. The van der Waals surface area contributed by atoms with E-state index in [1.54, 1.807) is 5.38 Å². The first-order chi connectivity index (χ1) is 7.61. The Morgan fingerprint density at radius 3 is 2.44 bits per heavy atom. The highest BCUT2D eigenvalue weighted by Gasteiger charge is 2.08. The average Bonchev–Trinajstić information content (AvgIpc) is 2.73. The van der Waals surface area contributed by atoms with Crippen molar-refractivity contribution in [3.63, 3.8) is 0 Å². The van der Waals surface area contributed by atoms with Crippen molar-refractivity contribution in [2.75, 3.05) is 0 Å². The minimum absolute atomic E-state index is 0.316. The van der Waals surface area contributed by atoms with Crippen molar-refractivity contribution >= 4 is 17.6 Å². The van der Waals surface area contributed by atoms with Gasteiger partial charge in [-0.2, -0.15) is 0 Å². The number of thiazole rings is 1. The molecule has 2 aromatic rings. The smallest absolute Gasteiger partial charge is 0.169 e. The Balaban J connectivity index is 2.52. The Kier molecular flexibility index (Phi) is 2.75. The average molecular weight is 233 g/mol. The first-order valence-electron chi connectivity index (χ1n) is 4.83. The van der Waals surface area contributed by atoms with E-state index in [2.05, 4.69) is 4.98 Å². The number of hydrogen-bond acceptors (Lipinski definition) is 4. The maximum atomic E-state index is 10.5. The fraction of sp³-hybridized carbons (Fsp3) is 0.167. The molecule has 0 atom stereocenters. The van der Waals surface area contributed by atoms with Gasteiger partial charge in [-0.15, -0.1) is 11.3 Å². The molecule has 0 amide bonds. The van der Waals surface area contributed by atoms with E-state index in [0.29, 0.717) is 11.4 Å². The lowest BCUT2D eigenvalue weighted by molar-refractivity contribution is 0.111. The SMILES string of the molecule is Cc1cc(-c2nc(C=O)cs2)cc(C)c1O. The van der Waals surface area contributed by atoms with Crippen LogP contribution in [0.5, 0.6) is 5.75 Å². The van der Waals surface area contributed by atoms with E-state index in [0.717, 1.165) is 28.0 Å². The molecule has 2 rings (SSSR count). The molecule has 0 fully saturated rings. The number of hydrogen-bond donors (Lipinski definition) is 1. The molecule has 0 bridgehead atoms. The minimum atomic E-state index is 0.316. The summed E-state index contributed by atoms with van der Waals surface area (Å²) in [7, 11) is 0. The molecule has 4 heteroatoms. The van der Waals surface area contributed by atoms with Crippen LogP contribution in [0, 0.1) is 13.8 Å². The summed E-state index contributed by atoms with van der Waals surface area (Å²) in [5.74, 6) is 0.316. The van der Waals surface area contributed by atoms with Gasteiger partial charge in [0.25, 0.3) is 0 Å². The summed E-state index contributed by atoms with van der Waals surface area (Å²) >= 11 is 1.43. The Hall–Kier alpha value is -1.68. The fourth-order valence-electron chi connectivity index (χ4n) is 1.55. The molecule has 0 aliphatic rings. The zero-order chi connectivity index (χ0) is 11.7. The van der Waals surface area contributed by atoms with Crippen LogP contribution in [0.25, 0.3) is 10.6 Å². The van der Waals surface area contributed by atoms with E-state index in [1.807, 2.05) is 26.0 Å². The van der Waals surface area contributed by atoms with Gasteiger partial charge in [0, 0.05) is 10.9 Å². The second-order valence-corrected chi connectivity index (χ2v) is 4.51. The summed E-state index contributed by atoms with van der Waals surface area (Å²) in [6.07, 6.45) is 0.736. The molecule has 0 aliphatic heterocycles. The first-order valence-corrected chi connectivity index (χ1v) is 5.71. The number of aromatic nitrogens is 1. The van der Waals surface area contributed by atoms with Crippen LogP contribution in [-0.4, -0.2) is 16.4 Å². The van der Waals surface area contributed by atoms with Crippen molar-refractivity contribution in [3.05, 3.63) is 34.3 Å². The first kappa shape index (κ1) is 10.8. The van der Waals surface area contributed by atoms with Gasteiger partial charge in [-0.1, -0.05) is 0 Å². The van der Waals surface area contributed by atoms with Crippen molar-refractivity contribution in [2.24, 2.45) is 0 Å². The Morgan fingerprint density at radius 1 is 1.31 bits per heavy atom. The largest absolute Gasteiger partial charge is 0.507 e. The van der Waals surface area contributed by atoms with Gasteiger partial charge in [0.2, 0.25) is 0 Å². The zero-order valence-corrected chi connectivity index (χ0v) is 9.84. The predicted molar refractivity (Wildman–Crippen MR) is 64.1 cm³/mol. The molecule has 0 saturated heterocycles. The summed E-state index contributed by atoms with van der Waals surface area (Å²) in [4.78, 5) is 14.7. The van der Waals surface area contributed by atoms with E-state index >= 15 is 0 Å². The third kappa shape index (κ3) is 1.84. The third-order valence-corrected chi connectivity index (χ3v) is 3.29. The van der Waals surface area contributed by atoms with E-state index in [9.17, 15) is 9.90 Å².